The molecular formula is C27H35ClF3N3O4. The molecule has 1 aromatic rings. The number of carbonyl (C=O) groups is 3. The Morgan fingerprint density at radius 3 is 2.29 bits per heavy atom. The van der Waals surface area contributed by atoms with Gasteiger partial charge < -0.3 is 19.4 Å². The topological polar surface area (TPSA) is 70.2 Å². The molecule has 0 aromatic heterocycles. The van der Waals surface area contributed by atoms with Gasteiger partial charge in [-0.1, -0.05) is 30.7 Å². The standard InChI is InChI=1S/C27H35ClF3N3O4/c1-26(11-12-26)24(36)33-13-8-19(9-14-33)23(35)34-16-21(18-4-6-20(28)7-5-18)22(17-34)32(2)25(37)38-15-3-10-27(29,30)31/h4-7,19,21-22H,3,8-17H2,1-2H3/t21?,22-/m1/s1. The Balaban J connectivity index is 1.39. The molecule has 0 radical (unpaired) electrons. The highest BCUT2D eigenvalue weighted by Crippen LogP contribution is 2.47. The molecule has 1 unspecified atom stereocenters. The van der Waals surface area contributed by atoms with E-state index in [9.17, 15) is 27.6 Å². The van der Waals surface area contributed by atoms with Crippen LogP contribution in [0.2, 0.25) is 5.02 Å². The smallest absolute Gasteiger partial charge is 0.409 e. The maximum absolute atomic E-state index is 13.5. The largest absolute Gasteiger partial charge is 0.449 e. The van der Waals surface area contributed by atoms with Crippen molar-refractivity contribution in [3.63, 3.8) is 0 Å². The summed E-state index contributed by atoms with van der Waals surface area (Å²) in [6, 6.07) is 6.81. The van der Waals surface area contributed by atoms with E-state index in [1.54, 1.807) is 24.1 Å². The van der Waals surface area contributed by atoms with Gasteiger partial charge in [0.1, 0.15) is 0 Å². The summed E-state index contributed by atoms with van der Waals surface area (Å²) in [7, 11) is 1.55. The first-order valence-electron chi connectivity index (χ1n) is 13.2. The van der Waals surface area contributed by atoms with Crippen molar-refractivity contribution in [3.8, 4) is 0 Å². The number of likely N-dealkylation sites (N-methyl/N-ethyl adjacent to an activating group) is 1. The van der Waals surface area contributed by atoms with Gasteiger partial charge in [0, 0.05) is 61.9 Å². The van der Waals surface area contributed by atoms with E-state index in [-0.39, 0.29) is 48.6 Å². The highest BCUT2D eigenvalue weighted by molar-refractivity contribution is 6.30. The molecule has 3 amide bonds. The summed E-state index contributed by atoms with van der Waals surface area (Å²) in [5.74, 6) is -0.221. The summed E-state index contributed by atoms with van der Waals surface area (Å²) in [5.41, 5.74) is 0.682. The Morgan fingerprint density at radius 2 is 1.71 bits per heavy atom. The lowest BCUT2D eigenvalue weighted by Gasteiger charge is -2.34. The first-order chi connectivity index (χ1) is 17.9. The molecule has 2 atom stereocenters. The van der Waals surface area contributed by atoms with Crippen LogP contribution in [0, 0.1) is 11.3 Å². The van der Waals surface area contributed by atoms with Crippen LogP contribution in [0.3, 0.4) is 0 Å². The van der Waals surface area contributed by atoms with E-state index in [1.807, 2.05) is 24.0 Å². The van der Waals surface area contributed by atoms with Crippen molar-refractivity contribution < 1.29 is 32.3 Å². The van der Waals surface area contributed by atoms with Gasteiger partial charge >= 0.3 is 12.3 Å². The Hall–Kier alpha value is -2.49. The first kappa shape index (κ1) is 28.5. The van der Waals surface area contributed by atoms with Crippen LogP contribution in [0.4, 0.5) is 18.0 Å². The summed E-state index contributed by atoms with van der Waals surface area (Å²) >= 11 is 6.06. The van der Waals surface area contributed by atoms with Crippen LogP contribution in [-0.2, 0) is 14.3 Å². The zero-order valence-electron chi connectivity index (χ0n) is 21.8. The van der Waals surface area contributed by atoms with Crippen molar-refractivity contribution in [3.05, 3.63) is 34.9 Å². The lowest BCUT2D eigenvalue weighted by molar-refractivity contribution is -0.142. The van der Waals surface area contributed by atoms with Gasteiger partial charge in [-0.3, -0.25) is 9.59 Å². The second-order valence-electron chi connectivity index (χ2n) is 11.0. The van der Waals surface area contributed by atoms with Crippen molar-refractivity contribution >= 4 is 29.5 Å². The molecule has 1 saturated carbocycles. The third-order valence-electron chi connectivity index (χ3n) is 8.16. The van der Waals surface area contributed by atoms with Gasteiger partial charge in [-0.25, -0.2) is 4.79 Å². The zero-order valence-corrected chi connectivity index (χ0v) is 22.6. The number of alkyl halides is 3. The van der Waals surface area contributed by atoms with Crippen LogP contribution in [0.25, 0.3) is 0 Å². The van der Waals surface area contributed by atoms with E-state index in [1.165, 1.54) is 4.90 Å². The summed E-state index contributed by atoms with van der Waals surface area (Å²) in [5, 5.41) is 0.565. The minimum atomic E-state index is -4.30. The van der Waals surface area contributed by atoms with E-state index in [0.29, 0.717) is 37.5 Å². The summed E-state index contributed by atoms with van der Waals surface area (Å²) < 4.78 is 42.4. The molecule has 38 heavy (non-hydrogen) atoms. The lowest BCUT2D eigenvalue weighted by atomic mass is 9.93. The third kappa shape index (κ3) is 6.74. The van der Waals surface area contributed by atoms with Crippen LogP contribution < -0.4 is 0 Å². The van der Waals surface area contributed by atoms with Crippen LogP contribution in [0.5, 0.6) is 0 Å². The molecule has 7 nitrogen and oxygen atoms in total. The second kappa shape index (κ2) is 11.3. The molecule has 0 N–H and O–H groups in total. The summed E-state index contributed by atoms with van der Waals surface area (Å²) in [4.78, 5) is 43.9. The van der Waals surface area contributed by atoms with E-state index >= 15 is 0 Å². The fraction of sp³-hybridized carbons (Fsp3) is 0.667. The van der Waals surface area contributed by atoms with Crippen molar-refractivity contribution in [2.45, 2.75) is 63.6 Å². The predicted molar refractivity (Wildman–Crippen MR) is 136 cm³/mol. The SMILES string of the molecule is CN(C(=O)OCCCC(F)(F)F)[C@@H]1CN(C(=O)C2CCN(C(=O)C3(C)CC3)CC2)CC1c1ccc(Cl)cc1. The van der Waals surface area contributed by atoms with Gasteiger partial charge in [0.25, 0.3) is 0 Å². The van der Waals surface area contributed by atoms with Gasteiger partial charge in [0.05, 0.1) is 12.6 Å². The van der Waals surface area contributed by atoms with Crippen molar-refractivity contribution in [1.29, 1.82) is 0 Å². The average molecular weight is 558 g/mol. The molecular weight excluding hydrogens is 523 g/mol. The van der Waals surface area contributed by atoms with Crippen LogP contribution in [0.15, 0.2) is 24.3 Å². The second-order valence-corrected chi connectivity index (χ2v) is 11.5. The number of ether oxygens (including phenoxy) is 1. The number of halogens is 4. The number of piperidine rings is 1. The monoisotopic (exact) mass is 557 g/mol. The van der Waals surface area contributed by atoms with E-state index < -0.39 is 24.7 Å². The van der Waals surface area contributed by atoms with E-state index in [2.05, 4.69) is 0 Å². The lowest BCUT2D eigenvalue weighted by Crippen LogP contribution is -2.46. The molecule has 11 heteroatoms. The first-order valence-corrected chi connectivity index (χ1v) is 13.6. The normalized spacial score (nSPS) is 23.3. The number of hydrogen-bond donors (Lipinski definition) is 0. The maximum Gasteiger partial charge on any atom is 0.409 e. The minimum absolute atomic E-state index is 0.00291. The average Bonchev–Trinajstić information content (AvgIpc) is 3.49. The van der Waals surface area contributed by atoms with E-state index in [0.717, 1.165) is 18.4 Å². The number of likely N-dealkylation sites (tertiary alicyclic amines) is 2. The van der Waals surface area contributed by atoms with Gasteiger partial charge in [0.2, 0.25) is 11.8 Å². The molecule has 1 aromatic carbocycles. The molecule has 2 heterocycles. The molecule has 0 spiro atoms. The molecule has 3 aliphatic rings. The molecule has 2 saturated heterocycles. The van der Waals surface area contributed by atoms with Crippen molar-refractivity contribution in [1.82, 2.24) is 14.7 Å². The van der Waals surface area contributed by atoms with Crippen LogP contribution in [0.1, 0.15) is 56.9 Å². The van der Waals surface area contributed by atoms with E-state index in [4.69, 9.17) is 16.3 Å². The summed E-state index contributed by atoms with van der Waals surface area (Å²) in [6.45, 7) is 3.47. The molecule has 3 fully saturated rings. The Morgan fingerprint density at radius 1 is 1.08 bits per heavy atom. The van der Waals surface area contributed by atoms with Gasteiger partial charge in [-0.05, 0) is 49.8 Å². The molecule has 2 aliphatic heterocycles. The highest BCUT2D eigenvalue weighted by Gasteiger charge is 2.48. The number of benzene rings is 1. The zero-order chi connectivity index (χ0) is 27.7. The fourth-order valence-electron chi connectivity index (χ4n) is 5.44. The summed E-state index contributed by atoms with van der Waals surface area (Å²) in [6.07, 6.45) is -3.30. The molecule has 1 aliphatic carbocycles. The third-order valence-corrected chi connectivity index (χ3v) is 8.41. The van der Waals surface area contributed by atoms with Gasteiger partial charge in [-0.2, -0.15) is 13.2 Å². The predicted octanol–water partition coefficient (Wildman–Crippen LogP) is 5.08. The van der Waals surface area contributed by atoms with Gasteiger partial charge in [-0.15, -0.1) is 0 Å². The van der Waals surface area contributed by atoms with Crippen molar-refractivity contribution in [2.24, 2.45) is 11.3 Å². The minimum Gasteiger partial charge on any atom is -0.449 e. The number of hydrogen-bond acceptors (Lipinski definition) is 4. The maximum atomic E-state index is 13.5. The van der Waals surface area contributed by atoms with Crippen LogP contribution >= 0.6 is 11.6 Å². The Kier molecular flexibility index (Phi) is 8.49. The molecule has 0 bridgehead atoms. The van der Waals surface area contributed by atoms with Gasteiger partial charge in [0.15, 0.2) is 0 Å². The number of carbonyl (C=O) groups excluding carboxylic acids is 3. The number of amides is 3. The fourth-order valence-corrected chi connectivity index (χ4v) is 5.56. The quantitative estimate of drug-likeness (QED) is 0.438. The molecule has 4 rings (SSSR count). The number of rotatable bonds is 7. The highest BCUT2D eigenvalue weighted by atomic mass is 35.5. The molecule has 210 valence electrons. The van der Waals surface area contributed by atoms with Crippen molar-refractivity contribution in [2.75, 3.05) is 39.8 Å². The Labute approximate surface area is 226 Å². The Bertz CT molecular complexity index is 1020. The number of nitrogens with zero attached hydrogens (tertiary/aromatic N) is 3. The van der Waals surface area contributed by atoms with Crippen LogP contribution in [-0.4, -0.2) is 84.7 Å².